The van der Waals surface area contributed by atoms with E-state index >= 15 is 0 Å². The van der Waals surface area contributed by atoms with Crippen molar-refractivity contribution in [2.75, 3.05) is 29.9 Å². The third kappa shape index (κ3) is 4.53. The average Bonchev–Trinajstić information content (AvgIpc) is 2.93. The van der Waals surface area contributed by atoms with E-state index in [1.807, 2.05) is 12.1 Å². The van der Waals surface area contributed by atoms with Crippen LogP contribution in [0.2, 0.25) is 0 Å². The molecular formula is C24H27FN4O. The highest BCUT2D eigenvalue weighted by Crippen LogP contribution is 2.30. The number of pyridine rings is 1. The lowest BCUT2D eigenvalue weighted by Crippen LogP contribution is -2.26. The quantitative estimate of drug-likeness (QED) is 0.624. The predicted octanol–water partition coefficient (Wildman–Crippen LogP) is 4.18. The van der Waals surface area contributed by atoms with E-state index in [0.29, 0.717) is 19.6 Å². The Labute approximate surface area is 176 Å². The number of carbonyl (C=O) groups excluding carboxylic acids is 1. The summed E-state index contributed by atoms with van der Waals surface area (Å²) in [5, 5.41) is 7.33. The molecule has 5 nitrogen and oxygen atoms in total. The van der Waals surface area contributed by atoms with E-state index in [0.717, 1.165) is 47.4 Å². The molecule has 0 aliphatic carbocycles. The summed E-state index contributed by atoms with van der Waals surface area (Å²) in [5.74, 6) is 0.645. The summed E-state index contributed by atoms with van der Waals surface area (Å²) >= 11 is 0. The lowest BCUT2D eigenvalue weighted by atomic mass is 10.0. The SMILES string of the molecule is CC(=O)NCCNc1cc(N2CCCc3ccc(F)cc3C2)nc2ccc(C)cc12. The minimum absolute atomic E-state index is 0.0385. The number of hydrogen-bond donors (Lipinski definition) is 2. The van der Waals surface area contributed by atoms with E-state index in [9.17, 15) is 9.18 Å². The summed E-state index contributed by atoms with van der Waals surface area (Å²) in [4.78, 5) is 18.3. The van der Waals surface area contributed by atoms with Gasteiger partial charge in [-0.2, -0.15) is 0 Å². The lowest BCUT2D eigenvalue weighted by Gasteiger charge is -2.24. The molecule has 156 valence electrons. The molecule has 3 aromatic rings. The van der Waals surface area contributed by atoms with E-state index in [1.165, 1.54) is 18.1 Å². The Morgan fingerprint density at radius 1 is 1.13 bits per heavy atom. The van der Waals surface area contributed by atoms with Crippen molar-refractivity contribution in [2.45, 2.75) is 33.2 Å². The fourth-order valence-corrected chi connectivity index (χ4v) is 4.00. The fourth-order valence-electron chi connectivity index (χ4n) is 4.00. The third-order valence-electron chi connectivity index (χ3n) is 5.49. The van der Waals surface area contributed by atoms with Gasteiger partial charge in [0.1, 0.15) is 11.6 Å². The Kier molecular flexibility index (Phi) is 5.84. The molecule has 0 fully saturated rings. The highest BCUT2D eigenvalue weighted by Gasteiger charge is 2.18. The van der Waals surface area contributed by atoms with Crippen LogP contribution in [0.5, 0.6) is 0 Å². The van der Waals surface area contributed by atoms with Gasteiger partial charge in [-0.25, -0.2) is 9.37 Å². The number of anilines is 2. The van der Waals surface area contributed by atoms with Crippen LogP contribution in [0.15, 0.2) is 42.5 Å². The summed E-state index contributed by atoms with van der Waals surface area (Å²) in [6, 6.07) is 13.4. The number of nitrogens with one attached hydrogen (secondary N) is 2. The van der Waals surface area contributed by atoms with Crippen LogP contribution in [0, 0.1) is 12.7 Å². The fraction of sp³-hybridized carbons (Fsp3) is 0.333. The van der Waals surface area contributed by atoms with Gasteiger partial charge >= 0.3 is 0 Å². The first-order valence-corrected chi connectivity index (χ1v) is 10.4. The van der Waals surface area contributed by atoms with Gasteiger partial charge in [-0.1, -0.05) is 17.7 Å². The molecule has 0 unspecified atom stereocenters. The van der Waals surface area contributed by atoms with Crippen LogP contribution >= 0.6 is 0 Å². The van der Waals surface area contributed by atoms with Gasteiger partial charge in [0.25, 0.3) is 0 Å². The van der Waals surface area contributed by atoms with Crippen LogP contribution in [-0.4, -0.2) is 30.5 Å². The predicted molar refractivity (Wildman–Crippen MR) is 119 cm³/mol. The van der Waals surface area contributed by atoms with Crippen molar-refractivity contribution in [3.8, 4) is 0 Å². The van der Waals surface area contributed by atoms with Crippen LogP contribution in [0.25, 0.3) is 10.9 Å². The second-order valence-corrected chi connectivity index (χ2v) is 7.90. The number of benzene rings is 2. The molecule has 2 aromatic carbocycles. The number of aromatic nitrogens is 1. The zero-order valence-electron chi connectivity index (χ0n) is 17.5. The molecule has 1 aliphatic rings. The van der Waals surface area contributed by atoms with Gasteiger partial charge in [-0.05, 0) is 55.2 Å². The van der Waals surface area contributed by atoms with Crippen LogP contribution in [0.3, 0.4) is 0 Å². The zero-order chi connectivity index (χ0) is 21.1. The summed E-state index contributed by atoms with van der Waals surface area (Å²) in [5.41, 5.74) is 5.32. The molecule has 2 heterocycles. The molecule has 0 atom stereocenters. The molecule has 0 bridgehead atoms. The second kappa shape index (κ2) is 8.69. The van der Waals surface area contributed by atoms with Crippen molar-refractivity contribution in [3.05, 3.63) is 65.0 Å². The number of amides is 1. The molecule has 30 heavy (non-hydrogen) atoms. The Hall–Kier alpha value is -3.15. The first-order chi connectivity index (χ1) is 14.5. The highest BCUT2D eigenvalue weighted by molar-refractivity contribution is 5.93. The van der Waals surface area contributed by atoms with Gasteiger partial charge in [-0.15, -0.1) is 0 Å². The molecule has 0 spiro atoms. The van der Waals surface area contributed by atoms with Crippen molar-refractivity contribution in [1.82, 2.24) is 10.3 Å². The van der Waals surface area contributed by atoms with Crippen LogP contribution in [0.4, 0.5) is 15.9 Å². The van der Waals surface area contributed by atoms with E-state index in [4.69, 9.17) is 4.98 Å². The lowest BCUT2D eigenvalue weighted by molar-refractivity contribution is -0.118. The molecule has 2 N–H and O–H groups in total. The maximum Gasteiger partial charge on any atom is 0.216 e. The largest absolute Gasteiger partial charge is 0.383 e. The molecule has 0 saturated carbocycles. The minimum atomic E-state index is -0.196. The first-order valence-electron chi connectivity index (χ1n) is 10.4. The topological polar surface area (TPSA) is 57.3 Å². The summed E-state index contributed by atoms with van der Waals surface area (Å²) < 4.78 is 13.8. The number of hydrogen-bond acceptors (Lipinski definition) is 4. The Morgan fingerprint density at radius 2 is 2.00 bits per heavy atom. The Bertz CT molecular complexity index is 1080. The highest BCUT2D eigenvalue weighted by atomic mass is 19.1. The molecule has 1 aromatic heterocycles. The van der Waals surface area contributed by atoms with E-state index in [2.05, 4.69) is 40.7 Å². The van der Waals surface area contributed by atoms with Crippen molar-refractivity contribution in [3.63, 3.8) is 0 Å². The van der Waals surface area contributed by atoms with E-state index < -0.39 is 0 Å². The molecular weight excluding hydrogens is 379 g/mol. The standard InChI is InChI=1S/C24H27FN4O/c1-16-5-8-22-21(12-16)23(27-10-9-26-17(2)30)14-24(28-22)29-11-3-4-18-6-7-20(25)13-19(18)15-29/h5-8,12-14H,3-4,9-11,15H2,1-2H3,(H,26,30)(H,27,28). The van der Waals surface area contributed by atoms with Gasteiger partial charge in [0, 0.05) is 50.2 Å². The van der Waals surface area contributed by atoms with E-state index in [-0.39, 0.29) is 11.7 Å². The number of rotatable bonds is 5. The monoisotopic (exact) mass is 406 g/mol. The third-order valence-corrected chi connectivity index (χ3v) is 5.49. The van der Waals surface area contributed by atoms with Crippen molar-refractivity contribution in [2.24, 2.45) is 0 Å². The number of fused-ring (bicyclic) bond motifs is 2. The maximum atomic E-state index is 13.8. The molecule has 1 aliphatic heterocycles. The molecule has 4 rings (SSSR count). The van der Waals surface area contributed by atoms with Gasteiger partial charge in [-0.3, -0.25) is 4.79 Å². The van der Waals surface area contributed by atoms with Gasteiger partial charge in [0.15, 0.2) is 0 Å². The second-order valence-electron chi connectivity index (χ2n) is 7.90. The van der Waals surface area contributed by atoms with Crippen LogP contribution < -0.4 is 15.5 Å². The number of halogens is 1. The maximum absolute atomic E-state index is 13.8. The Balaban J connectivity index is 1.66. The smallest absolute Gasteiger partial charge is 0.216 e. The van der Waals surface area contributed by atoms with Crippen molar-refractivity contribution >= 4 is 28.3 Å². The number of nitrogens with zero attached hydrogens (tertiary/aromatic N) is 2. The van der Waals surface area contributed by atoms with Gasteiger partial charge < -0.3 is 15.5 Å². The molecule has 0 saturated heterocycles. The molecule has 6 heteroatoms. The Morgan fingerprint density at radius 3 is 2.83 bits per heavy atom. The van der Waals surface area contributed by atoms with Gasteiger partial charge in [0.05, 0.1) is 5.52 Å². The molecule has 1 amide bonds. The zero-order valence-corrected chi connectivity index (χ0v) is 17.5. The van der Waals surface area contributed by atoms with Crippen LogP contribution in [0.1, 0.15) is 30.0 Å². The van der Waals surface area contributed by atoms with Crippen molar-refractivity contribution < 1.29 is 9.18 Å². The number of aryl methyl sites for hydroxylation is 2. The summed E-state index contributed by atoms with van der Waals surface area (Å²) in [7, 11) is 0. The number of carbonyl (C=O) groups is 1. The van der Waals surface area contributed by atoms with Crippen LogP contribution in [-0.2, 0) is 17.8 Å². The minimum Gasteiger partial charge on any atom is -0.383 e. The normalized spacial score (nSPS) is 13.6. The molecule has 0 radical (unpaired) electrons. The van der Waals surface area contributed by atoms with Gasteiger partial charge in [0.2, 0.25) is 5.91 Å². The summed E-state index contributed by atoms with van der Waals surface area (Å²) in [6.07, 6.45) is 1.94. The average molecular weight is 407 g/mol. The summed E-state index contributed by atoms with van der Waals surface area (Å²) in [6.45, 7) is 6.27. The van der Waals surface area contributed by atoms with Crippen molar-refractivity contribution in [1.29, 1.82) is 0 Å². The van der Waals surface area contributed by atoms with E-state index in [1.54, 1.807) is 12.1 Å². The first kappa shape index (κ1) is 20.1.